The second kappa shape index (κ2) is 7.99. The number of hydrogen-bond donors (Lipinski definition) is 4. The summed E-state index contributed by atoms with van der Waals surface area (Å²) in [6, 6.07) is 13.9. The molecule has 0 fully saturated rings. The highest BCUT2D eigenvalue weighted by Gasteiger charge is 2.14. The van der Waals surface area contributed by atoms with Crippen molar-refractivity contribution < 1.29 is 21.0 Å². The molecule has 0 unspecified atom stereocenters. The van der Waals surface area contributed by atoms with Crippen molar-refractivity contribution in [3.05, 3.63) is 48.3 Å². The summed E-state index contributed by atoms with van der Waals surface area (Å²) in [6.07, 6.45) is 0.881. The molecule has 0 spiro atoms. The van der Waals surface area contributed by atoms with E-state index >= 15 is 0 Å². The number of aromatic amines is 1. The summed E-state index contributed by atoms with van der Waals surface area (Å²) in [5, 5.41) is 2.87. The summed E-state index contributed by atoms with van der Waals surface area (Å²) in [7, 11) is 1.65. The van der Waals surface area contributed by atoms with Crippen LogP contribution in [-0.4, -0.2) is 42.1 Å². The Labute approximate surface area is 151 Å². The molecular weight excluding hydrogens is 330 g/mol. The molecular formula is C19H25N5O2+2. The number of benzene rings is 2. The van der Waals surface area contributed by atoms with Gasteiger partial charge in [-0.05, 0) is 35.4 Å². The zero-order valence-electron chi connectivity index (χ0n) is 14.9. The minimum Gasteiger partial charge on any atom is -0.497 e. The highest BCUT2D eigenvalue weighted by atomic mass is 16.5. The largest absolute Gasteiger partial charge is 0.497 e. The number of H-pyrrole nitrogens is 1. The van der Waals surface area contributed by atoms with Crippen molar-refractivity contribution in [1.82, 2.24) is 15.3 Å². The Bertz CT molecular complexity index is 889. The second-order valence-electron chi connectivity index (χ2n) is 6.26. The average Bonchev–Trinajstić information content (AvgIpc) is 3.10. The molecule has 0 bridgehead atoms. The molecule has 1 atom stereocenters. The first-order valence-corrected chi connectivity index (χ1v) is 8.65. The van der Waals surface area contributed by atoms with Gasteiger partial charge in [0.15, 0.2) is 5.82 Å². The van der Waals surface area contributed by atoms with Crippen molar-refractivity contribution in [2.24, 2.45) is 0 Å². The Morgan fingerprint density at radius 3 is 2.65 bits per heavy atom. The highest BCUT2D eigenvalue weighted by molar-refractivity contribution is 5.94. The van der Waals surface area contributed by atoms with Crippen molar-refractivity contribution >= 4 is 16.9 Å². The van der Waals surface area contributed by atoms with Crippen LogP contribution in [0.15, 0.2) is 42.5 Å². The van der Waals surface area contributed by atoms with E-state index in [9.17, 15) is 4.79 Å². The van der Waals surface area contributed by atoms with Gasteiger partial charge in [-0.25, -0.2) is 4.98 Å². The molecule has 2 aromatic carbocycles. The fourth-order valence-corrected chi connectivity index (χ4v) is 2.79. The third-order valence-corrected chi connectivity index (χ3v) is 4.28. The van der Waals surface area contributed by atoms with Crippen molar-refractivity contribution in [1.29, 1.82) is 0 Å². The number of ether oxygens (including phenoxy) is 1. The Hall–Kier alpha value is -2.90. The maximum Gasteiger partial charge on any atom is 0.287 e. The van der Waals surface area contributed by atoms with Crippen molar-refractivity contribution in [3.8, 4) is 16.9 Å². The van der Waals surface area contributed by atoms with Crippen LogP contribution in [0.25, 0.3) is 22.2 Å². The van der Waals surface area contributed by atoms with Gasteiger partial charge in [0.25, 0.3) is 5.91 Å². The number of hydrogen-bond acceptors (Lipinski definition) is 3. The van der Waals surface area contributed by atoms with Crippen LogP contribution in [0.2, 0.25) is 0 Å². The summed E-state index contributed by atoms with van der Waals surface area (Å²) >= 11 is 0. The number of nitrogens with one attached hydrogen (secondary N) is 2. The molecule has 26 heavy (non-hydrogen) atoms. The lowest BCUT2D eigenvalue weighted by Crippen LogP contribution is -2.67. The number of carbonyl (C=O) groups is 1. The zero-order chi connectivity index (χ0) is 18.5. The molecule has 7 nitrogen and oxygen atoms in total. The van der Waals surface area contributed by atoms with Gasteiger partial charge < -0.3 is 26.5 Å². The molecule has 7 heteroatoms. The van der Waals surface area contributed by atoms with Gasteiger partial charge in [-0.3, -0.25) is 4.79 Å². The third kappa shape index (κ3) is 4.01. The molecule has 0 radical (unpaired) electrons. The molecule has 8 N–H and O–H groups in total. The SMILES string of the molecule is COc1ccc(-c2ccc3nc(C(=O)NC[C@@H]([NH3+])CC[NH3+])[nH]c3c2)cc1. The summed E-state index contributed by atoms with van der Waals surface area (Å²) < 4.78 is 5.19. The number of aromatic nitrogens is 2. The van der Waals surface area contributed by atoms with E-state index in [0.717, 1.165) is 40.9 Å². The minimum absolute atomic E-state index is 0.155. The smallest absolute Gasteiger partial charge is 0.287 e. The van der Waals surface area contributed by atoms with Gasteiger partial charge in [-0.2, -0.15) is 0 Å². The molecule has 136 valence electrons. The monoisotopic (exact) mass is 355 g/mol. The van der Waals surface area contributed by atoms with E-state index in [0.29, 0.717) is 12.4 Å². The van der Waals surface area contributed by atoms with Crippen LogP contribution < -0.4 is 21.5 Å². The fraction of sp³-hybridized carbons (Fsp3) is 0.263. The molecule has 0 saturated heterocycles. The summed E-state index contributed by atoms with van der Waals surface area (Å²) in [5.74, 6) is 0.913. The van der Waals surface area contributed by atoms with Crippen LogP contribution in [0.1, 0.15) is 17.0 Å². The zero-order valence-corrected chi connectivity index (χ0v) is 14.9. The second-order valence-corrected chi connectivity index (χ2v) is 6.26. The van der Waals surface area contributed by atoms with E-state index < -0.39 is 0 Å². The quantitative estimate of drug-likeness (QED) is 0.484. The van der Waals surface area contributed by atoms with Gasteiger partial charge in [-0.15, -0.1) is 0 Å². The number of nitrogens with zero attached hydrogens (tertiary/aromatic N) is 1. The molecule has 1 heterocycles. The van der Waals surface area contributed by atoms with E-state index in [1.165, 1.54) is 0 Å². The van der Waals surface area contributed by atoms with E-state index in [1.54, 1.807) is 7.11 Å². The molecule has 3 aromatic rings. The van der Waals surface area contributed by atoms with Crippen LogP contribution in [0, 0.1) is 0 Å². The number of imidazole rings is 1. The normalized spacial score (nSPS) is 12.1. The molecule has 0 aliphatic heterocycles. The predicted octanol–water partition coefficient (Wildman–Crippen LogP) is 0.211. The number of fused-ring (bicyclic) bond motifs is 1. The summed E-state index contributed by atoms with van der Waals surface area (Å²) in [4.78, 5) is 19.8. The highest BCUT2D eigenvalue weighted by Crippen LogP contribution is 2.25. The van der Waals surface area contributed by atoms with E-state index in [1.807, 2.05) is 42.5 Å². The summed E-state index contributed by atoms with van der Waals surface area (Å²) in [6.45, 7) is 1.32. The van der Waals surface area contributed by atoms with Gasteiger partial charge in [0.05, 0.1) is 37.7 Å². The molecule has 1 amide bonds. The molecule has 1 aromatic heterocycles. The fourth-order valence-electron chi connectivity index (χ4n) is 2.79. The van der Waals surface area contributed by atoms with Gasteiger partial charge in [0, 0.05) is 0 Å². The van der Waals surface area contributed by atoms with E-state index in [4.69, 9.17) is 4.74 Å². The topological polar surface area (TPSA) is 122 Å². The van der Waals surface area contributed by atoms with E-state index in [2.05, 4.69) is 26.8 Å². The number of amides is 1. The van der Waals surface area contributed by atoms with Crippen molar-refractivity contribution in [2.45, 2.75) is 12.5 Å². The Morgan fingerprint density at radius 1 is 1.23 bits per heavy atom. The maximum atomic E-state index is 12.3. The third-order valence-electron chi connectivity index (χ3n) is 4.28. The average molecular weight is 355 g/mol. The van der Waals surface area contributed by atoms with Gasteiger partial charge >= 0.3 is 0 Å². The number of methoxy groups -OCH3 is 1. The first kappa shape index (κ1) is 17.9. The van der Waals surface area contributed by atoms with Crippen LogP contribution in [0.4, 0.5) is 0 Å². The molecule has 3 rings (SSSR count). The minimum atomic E-state index is -0.218. The Morgan fingerprint density at radius 2 is 1.96 bits per heavy atom. The van der Waals surface area contributed by atoms with Gasteiger partial charge in [0.1, 0.15) is 11.8 Å². The van der Waals surface area contributed by atoms with Crippen LogP contribution in [0.5, 0.6) is 5.75 Å². The Balaban J connectivity index is 1.77. The van der Waals surface area contributed by atoms with Crippen LogP contribution in [0.3, 0.4) is 0 Å². The lowest BCUT2D eigenvalue weighted by atomic mass is 10.1. The molecule has 0 aliphatic rings. The number of carbonyl (C=O) groups excluding carboxylic acids is 1. The van der Waals surface area contributed by atoms with Gasteiger partial charge in [0.2, 0.25) is 0 Å². The van der Waals surface area contributed by atoms with Gasteiger partial charge in [-0.1, -0.05) is 18.2 Å². The van der Waals surface area contributed by atoms with E-state index in [-0.39, 0.29) is 11.9 Å². The first-order valence-electron chi connectivity index (χ1n) is 8.65. The standard InChI is InChI=1S/C19H23N5O2/c1-26-15-5-2-12(3-6-15)13-4-7-16-17(10-13)24-18(23-16)19(25)22-11-14(21)8-9-20/h2-7,10,14H,8-9,11,20-21H2,1H3,(H,22,25)(H,23,24)/p+2/t14-/m0/s1. The summed E-state index contributed by atoms with van der Waals surface area (Å²) in [5.41, 5.74) is 11.5. The maximum absolute atomic E-state index is 12.3. The first-order chi connectivity index (χ1) is 12.6. The lowest BCUT2D eigenvalue weighted by Gasteiger charge is -2.06. The predicted molar refractivity (Wildman–Crippen MR) is 99.5 cm³/mol. The number of rotatable bonds is 7. The van der Waals surface area contributed by atoms with Crippen molar-refractivity contribution in [3.63, 3.8) is 0 Å². The van der Waals surface area contributed by atoms with Crippen LogP contribution >= 0.6 is 0 Å². The molecule has 0 saturated carbocycles. The van der Waals surface area contributed by atoms with Crippen LogP contribution in [-0.2, 0) is 0 Å². The molecule has 0 aliphatic carbocycles. The van der Waals surface area contributed by atoms with Crippen molar-refractivity contribution in [2.75, 3.05) is 20.2 Å². The number of quaternary nitrogens is 2. The Kier molecular flexibility index (Phi) is 5.50. The lowest BCUT2D eigenvalue weighted by molar-refractivity contribution is -0.439.